The van der Waals surface area contributed by atoms with Gasteiger partial charge in [-0.1, -0.05) is 12.1 Å². The highest BCUT2D eigenvalue weighted by Crippen LogP contribution is 2.31. The molecule has 1 fully saturated rings. The quantitative estimate of drug-likeness (QED) is 0.899. The molecule has 1 N–H and O–H groups in total. The van der Waals surface area contributed by atoms with Crippen molar-refractivity contribution in [3.63, 3.8) is 0 Å². The van der Waals surface area contributed by atoms with Crippen LogP contribution in [-0.4, -0.2) is 44.2 Å². The van der Waals surface area contributed by atoms with E-state index < -0.39 is 17.4 Å². The standard InChI is InChI=1S/C18H22FN3O3/c1-13-20-11-14(21(13)2)12-22-9-7-18(8-10-22,17(23)24)25-16-6-4-3-5-15(16)19/h3-6,11H,7-10,12H2,1-2H3,(H,23,24). The van der Waals surface area contributed by atoms with Crippen LogP contribution in [0.15, 0.2) is 30.5 Å². The second-order valence-corrected chi connectivity index (χ2v) is 6.46. The van der Waals surface area contributed by atoms with Crippen LogP contribution in [0.4, 0.5) is 4.39 Å². The van der Waals surface area contributed by atoms with Gasteiger partial charge < -0.3 is 14.4 Å². The van der Waals surface area contributed by atoms with Crippen LogP contribution < -0.4 is 4.74 Å². The average molecular weight is 347 g/mol. The molecule has 0 aliphatic carbocycles. The number of carboxylic acids is 1. The van der Waals surface area contributed by atoms with Gasteiger partial charge in [-0.3, -0.25) is 4.90 Å². The van der Waals surface area contributed by atoms with E-state index in [9.17, 15) is 14.3 Å². The molecule has 7 heteroatoms. The van der Waals surface area contributed by atoms with E-state index in [0.29, 0.717) is 32.5 Å². The van der Waals surface area contributed by atoms with Gasteiger partial charge in [-0.2, -0.15) is 0 Å². The van der Waals surface area contributed by atoms with Gasteiger partial charge in [0.05, 0.1) is 5.69 Å². The van der Waals surface area contributed by atoms with E-state index >= 15 is 0 Å². The molecule has 2 heterocycles. The summed E-state index contributed by atoms with van der Waals surface area (Å²) in [7, 11) is 1.96. The number of benzene rings is 1. The zero-order chi connectivity index (χ0) is 18.0. The number of aryl methyl sites for hydroxylation is 1. The first kappa shape index (κ1) is 17.4. The summed E-state index contributed by atoms with van der Waals surface area (Å²) in [6, 6.07) is 5.91. The van der Waals surface area contributed by atoms with Crippen molar-refractivity contribution in [2.24, 2.45) is 7.05 Å². The third-order valence-corrected chi connectivity index (χ3v) is 4.90. The summed E-state index contributed by atoms with van der Waals surface area (Å²) in [6.07, 6.45) is 2.44. The number of nitrogens with zero attached hydrogens (tertiary/aromatic N) is 3. The first-order valence-electron chi connectivity index (χ1n) is 8.28. The van der Waals surface area contributed by atoms with Crippen molar-refractivity contribution in [2.45, 2.75) is 31.9 Å². The molecular weight excluding hydrogens is 325 g/mol. The summed E-state index contributed by atoms with van der Waals surface area (Å²) in [5.74, 6) is -0.668. The van der Waals surface area contributed by atoms with Crippen molar-refractivity contribution in [3.8, 4) is 5.75 Å². The Morgan fingerprint density at radius 3 is 2.60 bits per heavy atom. The molecule has 0 radical (unpaired) electrons. The Kier molecular flexibility index (Phi) is 4.76. The number of piperidine rings is 1. The van der Waals surface area contributed by atoms with E-state index in [0.717, 1.165) is 11.5 Å². The van der Waals surface area contributed by atoms with Gasteiger partial charge in [0.25, 0.3) is 0 Å². The lowest BCUT2D eigenvalue weighted by Crippen LogP contribution is -2.53. The minimum absolute atomic E-state index is 0.0133. The molecule has 0 spiro atoms. The van der Waals surface area contributed by atoms with Crippen molar-refractivity contribution in [2.75, 3.05) is 13.1 Å². The lowest BCUT2D eigenvalue weighted by atomic mass is 9.91. The molecule has 25 heavy (non-hydrogen) atoms. The van der Waals surface area contributed by atoms with Crippen LogP contribution in [0, 0.1) is 12.7 Å². The zero-order valence-corrected chi connectivity index (χ0v) is 14.4. The predicted molar refractivity (Wildman–Crippen MR) is 89.9 cm³/mol. The Balaban J connectivity index is 1.69. The lowest BCUT2D eigenvalue weighted by Gasteiger charge is -2.38. The number of halogens is 1. The smallest absolute Gasteiger partial charge is 0.348 e. The summed E-state index contributed by atoms with van der Waals surface area (Å²) in [6.45, 7) is 3.76. The van der Waals surface area contributed by atoms with E-state index in [1.54, 1.807) is 12.1 Å². The Bertz CT molecular complexity index is 767. The van der Waals surface area contributed by atoms with Gasteiger partial charge in [-0.05, 0) is 19.1 Å². The van der Waals surface area contributed by atoms with Crippen LogP contribution in [0.1, 0.15) is 24.4 Å². The van der Waals surface area contributed by atoms with Crippen LogP contribution >= 0.6 is 0 Å². The molecule has 2 aromatic rings. The molecule has 0 bridgehead atoms. The van der Waals surface area contributed by atoms with E-state index in [1.165, 1.54) is 12.1 Å². The summed E-state index contributed by atoms with van der Waals surface area (Å²) in [5.41, 5.74) is -0.309. The van der Waals surface area contributed by atoms with Gasteiger partial charge in [0, 0.05) is 45.7 Å². The lowest BCUT2D eigenvalue weighted by molar-refractivity contribution is -0.160. The van der Waals surface area contributed by atoms with Gasteiger partial charge in [0.1, 0.15) is 5.82 Å². The molecule has 1 aliphatic rings. The first-order chi connectivity index (χ1) is 11.9. The maximum atomic E-state index is 13.9. The van der Waals surface area contributed by atoms with Gasteiger partial charge in [0.2, 0.25) is 5.60 Å². The SMILES string of the molecule is Cc1ncc(CN2CCC(Oc3ccccc3F)(C(=O)O)CC2)n1C. The highest BCUT2D eigenvalue weighted by atomic mass is 19.1. The monoisotopic (exact) mass is 347 g/mol. The number of carbonyl (C=O) groups is 1. The summed E-state index contributed by atoms with van der Waals surface area (Å²) in [5, 5.41) is 9.68. The number of rotatable bonds is 5. The maximum absolute atomic E-state index is 13.9. The average Bonchev–Trinajstić information content (AvgIpc) is 2.91. The normalized spacial score (nSPS) is 17.4. The van der Waals surface area contributed by atoms with E-state index in [1.807, 2.05) is 24.7 Å². The second kappa shape index (κ2) is 6.84. The van der Waals surface area contributed by atoms with Crippen molar-refractivity contribution in [1.29, 1.82) is 0 Å². The molecule has 1 aromatic heterocycles. The van der Waals surface area contributed by atoms with Crippen LogP contribution in [0.2, 0.25) is 0 Å². The highest BCUT2D eigenvalue weighted by Gasteiger charge is 2.44. The van der Waals surface area contributed by atoms with Crippen LogP contribution in [0.3, 0.4) is 0 Å². The molecule has 6 nitrogen and oxygen atoms in total. The van der Waals surface area contributed by atoms with Gasteiger partial charge >= 0.3 is 5.97 Å². The van der Waals surface area contributed by atoms with Crippen LogP contribution in [0.5, 0.6) is 5.75 Å². The third kappa shape index (κ3) is 3.51. The molecule has 0 atom stereocenters. The Hall–Kier alpha value is -2.41. The van der Waals surface area contributed by atoms with Gasteiger partial charge in [0.15, 0.2) is 11.6 Å². The molecule has 0 amide bonds. The molecule has 134 valence electrons. The topological polar surface area (TPSA) is 67.6 Å². The van der Waals surface area contributed by atoms with Crippen molar-refractivity contribution in [1.82, 2.24) is 14.5 Å². The molecule has 3 rings (SSSR count). The van der Waals surface area contributed by atoms with Crippen LogP contribution in [-0.2, 0) is 18.4 Å². The summed E-state index contributed by atoms with van der Waals surface area (Å²) in [4.78, 5) is 18.3. The van der Waals surface area contributed by atoms with Crippen LogP contribution in [0.25, 0.3) is 0 Å². The van der Waals surface area contributed by atoms with Crippen molar-refractivity contribution >= 4 is 5.97 Å². The van der Waals surface area contributed by atoms with Gasteiger partial charge in [-0.15, -0.1) is 0 Å². The van der Waals surface area contributed by atoms with E-state index in [-0.39, 0.29) is 5.75 Å². The molecular formula is C18H22FN3O3. The second-order valence-electron chi connectivity index (χ2n) is 6.46. The van der Waals surface area contributed by atoms with E-state index in [2.05, 4.69) is 9.88 Å². The number of ether oxygens (including phenoxy) is 1. The summed E-state index contributed by atoms with van der Waals surface area (Å²) >= 11 is 0. The molecule has 1 aromatic carbocycles. The predicted octanol–water partition coefficient (Wildman–Crippen LogP) is 2.37. The number of hydrogen-bond donors (Lipinski definition) is 1. The minimum atomic E-state index is -1.39. The maximum Gasteiger partial charge on any atom is 0.348 e. The Morgan fingerprint density at radius 2 is 2.04 bits per heavy atom. The largest absolute Gasteiger partial charge is 0.478 e. The Morgan fingerprint density at radius 1 is 1.36 bits per heavy atom. The van der Waals surface area contributed by atoms with Crippen molar-refractivity contribution < 1.29 is 19.0 Å². The van der Waals surface area contributed by atoms with Gasteiger partial charge in [-0.25, -0.2) is 14.2 Å². The fourth-order valence-corrected chi connectivity index (χ4v) is 3.09. The minimum Gasteiger partial charge on any atom is -0.478 e. The third-order valence-electron chi connectivity index (χ3n) is 4.90. The van der Waals surface area contributed by atoms with Crippen molar-refractivity contribution in [3.05, 3.63) is 47.8 Å². The number of hydrogen-bond acceptors (Lipinski definition) is 4. The molecule has 1 aliphatic heterocycles. The zero-order valence-electron chi connectivity index (χ0n) is 14.4. The molecule has 0 unspecified atom stereocenters. The fourth-order valence-electron chi connectivity index (χ4n) is 3.09. The number of likely N-dealkylation sites (tertiary alicyclic amines) is 1. The molecule has 0 saturated carbocycles. The molecule has 1 saturated heterocycles. The number of imidazole rings is 1. The Labute approximate surface area is 145 Å². The fraction of sp³-hybridized carbons (Fsp3) is 0.444. The first-order valence-corrected chi connectivity index (χ1v) is 8.28. The highest BCUT2D eigenvalue weighted by molar-refractivity contribution is 5.78. The number of para-hydroxylation sites is 1. The van der Waals surface area contributed by atoms with E-state index in [4.69, 9.17) is 4.74 Å². The number of aromatic nitrogens is 2. The number of carboxylic acid groups (broad SMARTS) is 1. The summed E-state index contributed by atoms with van der Waals surface area (Å²) < 4.78 is 21.5. The number of aliphatic carboxylic acids is 1.